The topological polar surface area (TPSA) is 26.3 Å². The van der Waals surface area contributed by atoms with Crippen LogP contribution in [0.3, 0.4) is 0 Å². The molecule has 3 heteroatoms. The van der Waals surface area contributed by atoms with Gasteiger partial charge in [0.05, 0.1) is 12.9 Å². The Bertz CT molecular complexity index is 101. The number of rotatable bonds is 4. The van der Waals surface area contributed by atoms with E-state index in [-0.39, 0.29) is 5.97 Å². The first kappa shape index (κ1) is 8.56. The molecule has 0 atom stereocenters. The molecule has 0 heterocycles. The molecular formula is C6H10O2S. The summed E-state index contributed by atoms with van der Waals surface area (Å²) in [5, 5.41) is 0. The Kier molecular flexibility index (Phi) is 5.41. The molecule has 0 fully saturated rings. The second-order valence-corrected chi connectivity index (χ2v) is 2.41. The van der Waals surface area contributed by atoms with Crippen LogP contribution in [-0.2, 0) is 9.53 Å². The molecule has 0 aliphatic rings. The quantitative estimate of drug-likeness (QED) is 0.337. The molecule has 0 bridgehead atoms. The second-order valence-electron chi connectivity index (χ2n) is 1.38. The summed E-state index contributed by atoms with van der Waals surface area (Å²) < 4.78 is 4.40. The Morgan fingerprint density at radius 3 is 3.00 bits per heavy atom. The van der Waals surface area contributed by atoms with Crippen molar-refractivity contribution in [3.63, 3.8) is 0 Å². The summed E-state index contributed by atoms with van der Waals surface area (Å²) in [4.78, 5) is 10.4. The molecule has 0 saturated carbocycles. The second kappa shape index (κ2) is 5.69. The highest BCUT2D eigenvalue weighted by Gasteiger charge is 1.96. The highest BCUT2D eigenvalue weighted by molar-refractivity contribution is 8.00. The minimum Gasteiger partial charge on any atom is -0.468 e. The lowest BCUT2D eigenvalue weighted by Gasteiger charge is -1.94. The van der Waals surface area contributed by atoms with E-state index in [0.29, 0.717) is 5.75 Å². The van der Waals surface area contributed by atoms with E-state index in [1.807, 2.05) is 0 Å². The van der Waals surface area contributed by atoms with Gasteiger partial charge in [0.2, 0.25) is 0 Å². The SMILES string of the molecule is C=CCSCC(=O)OC. The number of carbonyl (C=O) groups is 1. The van der Waals surface area contributed by atoms with Crippen molar-refractivity contribution in [3.8, 4) is 0 Å². The van der Waals surface area contributed by atoms with E-state index < -0.39 is 0 Å². The number of hydrogen-bond acceptors (Lipinski definition) is 3. The fourth-order valence-electron chi connectivity index (χ4n) is 0.285. The van der Waals surface area contributed by atoms with E-state index in [1.165, 1.54) is 18.9 Å². The highest BCUT2D eigenvalue weighted by atomic mass is 32.2. The van der Waals surface area contributed by atoms with Gasteiger partial charge in [0.25, 0.3) is 0 Å². The van der Waals surface area contributed by atoms with Gasteiger partial charge in [-0.2, -0.15) is 0 Å². The maximum absolute atomic E-state index is 10.4. The van der Waals surface area contributed by atoms with E-state index in [4.69, 9.17) is 0 Å². The van der Waals surface area contributed by atoms with E-state index in [2.05, 4.69) is 11.3 Å². The van der Waals surface area contributed by atoms with Crippen molar-refractivity contribution in [3.05, 3.63) is 12.7 Å². The molecule has 0 aliphatic heterocycles. The van der Waals surface area contributed by atoms with E-state index in [1.54, 1.807) is 6.08 Å². The predicted molar refractivity (Wildman–Crippen MR) is 39.5 cm³/mol. The van der Waals surface area contributed by atoms with Gasteiger partial charge in [0.1, 0.15) is 0 Å². The van der Waals surface area contributed by atoms with Crippen LogP contribution in [0.4, 0.5) is 0 Å². The van der Waals surface area contributed by atoms with E-state index >= 15 is 0 Å². The Balaban J connectivity index is 3.06. The summed E-state index contributed by atoms with van der Waals surface area (Å²) in [7, 11) is 1.39. The van der Waals surface area contributed by atoms with Crippen LogP contribution in [0.25, 0.3) is 0 Å². The van der Waals surface area contributed by atoms with Gasteiger partial charge in [0.15, 0.2) is 0 Å². The van der Waals surface area contributed by atoms with Gasteiger partial charge < -0.3 is 4.74 Å². The zero-order chi connectivity index (χ0) is 7.11. The van der Waals surface area contributed by atoms with Crippen LogP contribution < -0.4 is 0 Å². The van der Waals surface area contributed by atoms with Crippen LogP contribution in [-0.4, -0.2) is 24.6 Å². The smallest absolute Gasteiger partial charge is 0.315 e. The molecule has 0 N–H and O–H groups in total. The summed E-state index contributed by atoms with van der Waals surface area (Å²) >= 11 is 1.49. The fourth-order valence-corrected chi connectivity index (χ4v) is 0.854. The number of carbonyl (C=O) groups excluding carboxylic acids is 1. The molecule has 0 aromatic rings. The Hall–Kier alpha value is -0.440. The molecule has 0 unspecified atom stereocenters. The molecule has 0 amide bonds. The first-order valence-corrected chi connectivity index (χ1v) is 3.72. The third-order valence-electron chi connectivity index (χ3n) is 0.683. The minimum atomic E-state index is -0.179. The fraction of sp³-hybridized carbons (Fsp3) is 0.500. The Morgan fingerprint density at radius 1 is 1.89 bits per heavy atom. The minimum absolute atomic E-state index is 0.179. The first-order valence-electron chi connectivity index (χ1n) is 2.56. The molecule has 52 valence electrons. The molecule has 0 aliphatic carbocycles. The molecule has 0 radical (unpaired) electrons. The van der Waals surface area contributed by atoms with Crippen LogP contribution in [0.5, 0.6) is 0 Å². The Labute approximate surface area is 59.3 Å². The number of hydrogen-bond donors (Lipinski definition) is 0. The molecular weight excluding hydrogens is 136 g/mol. The summed E-state index contributed by atoms with van der Waals surface area (Å²) in [6, 6.07) is 0. The van der Waals surface area contributed by atoms with Gasteiger partial charge in [-0.15, -0.1) is 18.3 Å². The zero-order valence-corrected chi connectivity index (χ0v) is 6.24. The summed E-state index contributed by atoms with van der Waals surface area (Å²) in [5.74, 6) is 1.04. The third-order valence-corrected chi connectivity index (χ3v) is 1.59. The molecule has 0 spiro atoms. The van der Waals surface area contributed by atoms with Crippen molar-refractivity contribution >= 4 is 17.7 Å². The van der Waals surface area contributed by atoms with Crippen molar-refractivity contribution in [1.29, 1.82) is 0 Å². The van der Waals surface area contributed by atoms with Crippen molar-refractivity contribution in [2.75, 3.05) is 18.6 Å². The van der Waals surface area contributed by atoms with Crippen LogP contribution in [0.2, 0.25) is 0 Å². The molecule has 0 aromatic heterocycles. The number of ether oxygens (including phenoxy) is 1. The summed E-state index contributed by atoms with van der Waals surface area (Å²) in [6.45, 7) is 3.51. The van der Waals surface area contributed by atoms with Crippen molar-refractivity contribution in [2.45, 2.75) is 0 Å². The monoisotopic (exact) mass is 146 g/mol. The van der Waals surface area contributed by atoms with Gasteiger partial charge in [0, 0.05) is 5.75 Å². The zero-order valence-electron chi connectivity index (χ0n) is 5.42. The average Bonchev–Trinajstić information content (AvgIpc) is 1.89. The third kappa shape index (κ3) is 5.43. The average molecular weight is 146 g/mol. The van der Waals surface area contributed by atoms with Gasteiger partial charge >= 0.3 is 5.97 Å². The number of thioether (sulfide) groups is 1. The molecule has 0 aromatic carbocycles. The molecule has 9 heavy (non-hydrogen) atoms. The van der Waals surface area contributed by atoms with Crippen LogP contribution >= 0.6 is 11.8 Å². The van der Waals surface area contributed by atoms with E-state index in [0.717, 1.165) is 5.75 Å². The Morgan fingerprint density at radius 2 is 2.56 bits per heavy atom. The lowest BCUT2D eigenvalue weighted by Crippen LogP contribution is -2.02. The molecule has 2 nitrogen and oxygen atoms in total. The summed E-state index contributed by atoms with van der Waals surface area (Å²) in [5.41, 5.74) is 0. The normalized spacial score (nSPS) is 8.56. The first-order chi connectivity index (χ1) is 4.31. The largest absolute Gasteiger partial charge is 0.468 e. The lowest BCUT2D eigenvalue weighted by molar-refractivity contribution is -0.137. The predicted octanol–water partition coefficient (Wildman–Crippen LogP) is 1.08. The number of methoxy groups -OCH3 is 1. The maximum Gasteiger partial charge on any atom is 0.315 e. The lowest BCUT2D eigenvalue weighted by atomic mass is 10.8. The van der Waals surface area contributed by atoms with Crippen molar-refractivity contribution < 1.29 is 9.53 Å². The standard InChI is InChI=1S/C6H10O2S/c1-3-4-9-5-6(7)8-2/h3H,1,4-5H2,2H3. The van der Waals surface area contributed by atoms with Gasteiger partial charge in [-0.1, -0.05) is 6.08 Å². The molecule has 0 rings (SSSR count). The number of esters is 1. The van der Waals surface area contributed by atoms with Crippen LogP contribution in [0.1, 0.15) is 0 Å². The van der Waals surface area contributed by atoms with Gasteiger partial charge in [-0.3, -0.25) is 4.79 Å². The van der Waals surface area contributed by atoms with Crippen molar-refractivity contribution in [1.82, 2.24) is 0 Å². The van der Waals surface area contributed by atoms with Crippen LogP contribution in [0, 0.1) is 0 Å². The summed E-state index contributed by atoms with van der Waals surface area (Å²) in [6.07, 6.45) is 1.76. The van der Waals surface area contributed by atoms with Gasteiger partial charge in [-0.25, -0.2) is 0 Å². The van der Waals surface area contributed by atoms with Crippen molar-refractivity contribution in [2.24, 2.45) is 0 Å². The molecule has 0 saturated heterocycles. The van der Waals surface area contributed by atoms with Gasteiger partial charge in [-0.05, 0) is 0 Å². The van der Waals surface area contributed by atoms with E-state index in [9.17, 15) is 4.79 Å². The van der Waals surface area contributed by atoms with Crippen LogP contribution in [0.15, 0.2) is 12.7 Å². The highest BCUT2D eigenvalue weighted by Crippen LogP contribution is 1.98. The maximum atomic E-state index is 10.4.